The second-order valence-corrected chi connectivity index (χ2v) is 5.72. The lowest BCUT2D eigenvalue weighted by Gasteiger charge is -2.32. The molecule has 0 amide bonds. The van der Waals surface area contributed by atoms with Crippen LogP contribution < -0.4 is 0 Å². The van der Waals surface area contributed by atoms with Gasteiger partial charge in [-0.1, -0.05) is 0 Å². The minimum atomic E-state index is 0.0543. The standard InChI is InChI=1S/C13H25N/c1-8-13(5,6)10-9-11-14(7)12(2,3)4/h1H,9-11H2,2-7H3. The second-order valence-electron chi connectivity index (χ2n) is 5.72. The normalized spacial score (nSPS) is 13.0. The molecule has 82 valence electrons. The molecule has 14 heavy (non-hydrogen) atoms. The third kappa shape index (κ3) is 5.29. The summed E-state index contributed by atoms with van der Waals surface area (Å²) in [6.07, 6.45) is 7.72. The Morgan fingerprint density at radius 2 is 1.64 bits per heavy atom. The molecular weight excluding hydrogens is 170 g/mol. The van der Waals surface area contributed by atoms with Gasteiger partial charge in [-0.15, -0.1) is 12.3 Å². The van der Waals surface area contributed by atoms with Crippen molar-refractivity contribution in [2.24, 2.45) is 5.41 Å². The Bertz CT molecular complexity index is 202. The Hall–Kier alpha value is -0.480. The van der Waals surface area contributed by atoms with E-state index in [9.17, 15) is 0 Å². The van der Waals surface area contributed by atoms with Crippen LogP contribution in [0.3, 0.4) is 0 Å². The van der Waals surface area contributed by atoms with Crippen molar-refractivity contribution in [2.45, 2.75) is 53.0 Å². The molecule has 0 spiro atoms. The molecule has 0 aliphatic carbocycles. The Kier molecular flexibility index (Phi) is 4.68. The zero-order chi connectivity index (χ0) is 11.4. The SMILES string of the molecule is C#CC(C)(C)CCCN(C)C(C)(C)C. The molecule has 0 atom stereocenters. The highest BCUT2D eigenvalue weighted by Gasteiger charge is 2.18. The van der Waals surface area contributed by atoms with Crippen LogP contribution in [-0.4, -0.2) is 24.0 Å². The number of rotatable bonds is 4. The molecule has 0 unspecified atom stereocenters. The van der Waals surface area contributed by atoms with Gasteiger partial charge in [-0.2, -0.15) is 0 Å². The molecule has 0 heterocycles. The first-order valence-corrected chi connectivity index (χ1v) is 5.38. The van der Waals surface area contributed by atoms with Gasteiger partial charge < -0.3 is 4.90 Å². The smallest absolute Gasteiger partial charge is 0.0256 e. The summed E-state index contributed by atoms with van der Waals surface area (Å²) in [5, 5.41) is 0. The summed E-state index contributed by atoms with van der Waals surface area (Å²) in [7, 11) is 2.17. The summed E-state index contributed by atoms with van der Waals surface area (Å²) >= 11 is 0. The van der Waals surface area contributed by atoms with Gasteiger partial charge in [0.25, 0.3) is 0 Å². The van der Waals surface area contributed by atoms with Gasteiger partial charge in [-0.25, -0.2) is 0 Å². The largest absolute Gasteiger partial charge is 0.302 e. The summed E-state index contributed by atoms with van der Waals surface area (Å²) in [4.78, 5) is 2.37. The van der Waals surface area contributed by atoms with Gasteiger partial charge in [0.05, 0.1) is 0 Å². The fraction of sp³-hybridized carbons (Fsp3) is 0.846. The lowest BCUT2D eigenvalue weighted by atomic mass is 9.89. The molecule has 0 rings (SSSR count). The van der Waals surface area contributed by atoms with Crippen molar-refractivity contribution in [3.8, 4) is 12.3 Å². The van der Waals surface area contributed by atoms with Crippen molar-refractivity contribution in [3.63, 3.8) is 0 Å². The van der Waals surface area contributed by atoms with Crippen molar-refractivity contribution >= 4 is 0 Å². The second kappa shape index (κ2) is 4.84. The van der Waals surface area contributed by atoms with Crippen LogP contribution in [0.5, 0.6) is 0 Å². The van der Waals surface area contributed by atoms with Crippen LogP contribution in [0.25, 0.3) is 0 Å². The summed E-state index contributed by atoms with van der Waals surface area (Å²) in [6, 6.07) is 0. The lowest BCUT2D eigenvalue weighted by Crippen LogP contribution is -2.38. The lowest BCUT2D eigenvalue weighted by molar-refractivity contribution is 0.168. The van der Waals surface area contributed by atoms with E-state index in [1.165, 1.54) is 6.42 Å². The van der Waals surface area contributed by atoms with E-state index in [1.54, 1.807) is 0 Å². The first kappa shape index (κ1) is 13.5. The molecule has 0 aromatic heterocycles. The number of hydrogen-bond donors (Lipinski definition) is 0. The maximum Gasteiger partial charge on any atom is 0.0256 e. The molecule has 0 saturated heterocycles. The van der Waals surface area contributed by atoms with Crippen LogP contribution in [0.15, 0.2) is 0 Å². The van der Waals surface area contributed by atoms with E-state index >= 15 is 0 Å². The van der Waals surface area contributed by atoms with Crippen molar-refractivity contribution in [1.82, 2.24) is 4.90 Å². The highest BCUT2D eigenvalue weighted by atomic mass is 15.1. The van der Waals surface area contributed by atoms with Gasteiger partial charge in [0.1, 0.15) is 0 Å². The first-order valence-electron chi connectivity index (χ1n) is 5.38. The maximum atomic E-state index is 5.45. The minimum absolute atomic E-state index is 0.0543. The molecule has 0 saturated carbocycles. The number of terminal acetylenes is 1. The molecule has 0 radical (unpaired) electrons. The average molecular weight is 195 g/mol. The van der Waals surface area contributed by atoms with E-state index in [-0.39, 0.29) is 11.0 Å². The minimum Gasteiger partial charge on any atom is -0.302 e. The van der Waals surface area contributed by atoms with Crippen LogP contribution >= 0.6 is 0 Å². The van der Waals surface area contributed by atoms with Crippen molar-refractivity contribution < 1.29 is 0 Å². The monoisotopic (exact) mass is 195 g/mol. The van der Waals surface area contributed by atoms with E-state index < -0.39 is 0 Å². The van der Waals surface area contributed by atoms with Gasteiger partial charge in [-0.3, -0.25) is 0 Å². The predicted molar refractivity (Wildman–Crippen MR) is 64.2 cm³/mol. The van der Waals surface area contributed by atoms with Gasteiger partial charge in [0.2, 0.25) is 0 Å². The van der Waals surface area contributed by atoms with E-state index in [0.29, 0.717) is 0 Å². The van der Waals surface area contributed by atoms with Crippen LogP contribution in [0.4, 0.5) is 0 Å². The van der Waals surface area contributed by atoms with Gasteiger partial charge in [-0.05, 0) is 61.1 Å². The number of nitrogens with zero attached hydrogens (tertiary/aromatic N) is 1. The van der Waals surface area contributed by atoms with E-state index in [1.807, 2.05) is 0 Å². The molecule has 0 aromatic carbocycles. The van der Waals surface area contributed by atoms with Crippen LogP contribution in [0.1, 0.15) is 47.5 Å². The molecular formula is C13H25N. The zero-order valence-electron chi connectivity index (χ0n) is 10.6. The van der Waals surface area contributed by atoms with Gasteiger partial charge in [0.15, 0.2) is 0 Å². The summed E-state index contributed by atoms with van der Waals surface area (Å²) in [5.74, 6) is 2.84. The quantitative estimate of drug-likeness (QED) is 0.623. The molecule has 0 aliphatic heterocycles. The van der Waals surface area contributed by atoms with E-state index in [2.05, 4.69) is 52.5 Å². The third-order valence-corrected chi connectivity index (χ3v) is 2.83. The Labute approximate surface area is 89.9 Å². The van der Waals surface area contributed by atoms with Gasteiger partial charge >= 0.3 is 0 Å². The molecule has 1 nitrogen and oxygen atoms in total. The summed E-state index contributed by atoms with van der Waals surface area (Å²) in [6.45, 7) is 12.1. The molecule has 0 N–H and O–H groups in total. The fourth-order valence-corrected chi connectivity index (χ4v) is 1.17. The van der Waals surface area contributed by atoms with Crippen molar-refractivity contribution in [1.29, 1.82) is 0 Å². The van der Waals surface area contributed by atoms with Crippen LogP contribution in [0.2, 0.25) is 0 Å². The summed E-state index contributed by atoms with van der Waals surface area (Å²) < 4.78 is 0. The molecule has 0 bridgehead atoms. The average Bonchev–Trinajstić information content (AvgIpc) is 2.02. The molecule has 0 aromatic rings. The van der Waals surface area contributed by atoms with Crippen molar-refractivity contribution in [2.75, 3.05) is 13.6 Å². The summed E-state index contributed by atoms with van der Waals surface area (Å²) in [5.41, 5.74) is 0.318. The number of hydrogen-bond acceptors (Lipinski definition) is 1. The van der Waals surface area contributed by atoms with Crippen molar-refractivity contribution in [3.05, 3.63) is 0 Å². The highest BCUT2D eigenvalue weighted by Crippen LogP contribution is 2.21. The van der Waals surface area contributed by atoms with E-state index in [0.717, 1.165) is 13.0 Å². The van der Waals surface area contributed by atoms with E-state index in [4.69, 9.17) is 6.42 Å². The maximum absolute atomic E-state index is 5.45. The molecule has 0 aliphatic rings. The first-order chi connectivity index (χ1) is 6.19. The highest BCUT2D eigenvalue weighted by molar-refractivity contribution is 5.00. The zero-order valence-corrected chi connectivity index (χ0v) is 10.6. The Morgan fingerprint density at radius 1 is 1.14 bits per heavy atom. The topological polar surface area (TPSA) is 3.24 Å². The fourth-order valence-electron chi connectivity index (χ4n) is 1.17. The molecule has 0 fully saturated rings. The molecule has 1 heteroatoms. The predicted octanol–water partition coefficient (Wildman–Crippen LogP) is 3.16. The Balaban J connectivity index is 3.83. The Morgan fingerprint density at radius 3 is 2.00 bits per heavy atom. The van der Waals surface area contributed by atoms with Gasteiger partial charge in [0, 0.05) is 11.0 Å². The van der Waals surface area contributed by atoms with Crippen LogP contribution in [-0.2, 0) is 0 Å². The third-order valence-electron chi connectivity index (χ3n) is 2.83. The van der Waals surface area contributed by atoms with Crippen LogP contribution in [0, 0.1) is 17.8 Å².